The van der Waals surface area contributed by atoms with Gasteiger partial charge in [-0.25, -0.2) is 4.39 Å². The fraction of sp³-hybridized carbons (Fsp3) is 0.333. The van der Waals surface area contributed by atoms with Gasteiger partial charge in [0, 0.05) is 15.4 Å². The number of hydrogen-bond acceptors (Lipinski definition) is 2. The van der Waals surface area contributed by atoms with Crippen LogP contribution >= 0.6 is 27.3 Å². The lowest BCUT2D eigenvalue weighted by Gasteiger charge is -2.17. The van der Waals surface area contributed by atoms with Crippen LogP contribution in [0.1, 0.15) is 17.4 Å². The number of likely N-dealkylation sites (N-methyl/N-ethyl adjacent to an activating group) is 1. The Morgan fingerprint density at radius 3 is 2.79 bits per heavy atom. The van der Waals surface area contributed by atoms with Gasteiger partial charge in [0.05, 0.1) is 0 Å². The van der Waals surface area contributed by atoms with Gasteiger partial charge in [0.2, 0.25) is 0 Å². The van der Waals surface area contributed by atoms with E-state index in [1.807, 2.05) is 12.1 Å². The third kappa shape index (κ3) is 4.41. The summed E-state index contributed by atoms with van der Waals surface area (Å²) in [7, 11) is 0. The quantitative estimate of drug-likeness (QED) is 0.820. The van der Waals surface area contributed by atoms with Crippen LogP contribution in [0.2, 0.25) is 0 Å². The minimum atomic E-state index is -0.136. The SMILES string of the molecule is CCNC(Cc1cccs1)Cc1ccc(Br)cc1F. The van der Waals surface area contributed by atoms with Gasteiger partial charge < -0.3 is 5.32 Å². The molecule has 0 amide bonds. The maximum absolute atomic E-state index is 13.9. The van der Waals surface area contributed by atoms with Crippen molar-refractivity contribution in [1.82, 2.24) is 5.32 Å². The summed E-state index contributed by atoms with van der Waals surface area (Å²) in [6.45, 7) is 2.98. The summed E-state index contributed by atoms with van der Waals surface area (Å²) in [5.74, 6) is -0.136. The van der Waals surface area contributed by atoms with Crippen LogP contribution in [-0.2, 0) is 12.8 Å². The number of thiophene rings is 1. The first-order valence-corrected chi connectivity index (χ1v) is 8.06. The van der Waals surface area contributed by atoms with Crippen molar-refractivity contribution in [3.8, 4) is 0 Å². The van der Waals surface area contributed by atoms with E-state index < -0.39 is 0 Å². The number of benzene rings is 1. The van der Waals surface area contributed by atoms with Crippen LogP contribution in [0.15, 0.2) is 40.2 Å². The first-order valence-electron chi connectivity index (χ1n) is 6.38. The van der Waals surface area contributed by atoms with Crippen molar-refractivity contribution >= 4 is 27.3 Å². The molecule has 0 saturated heterocycles. The summed E-state index contributed by atoms with van der Waals surface area (Å²) in [5, 5.41) is 5.52. The smallest absolute Gasteiger partial charge is 0.127 e. The molecule has 1 atom stereocenters. The predicted molar refractivity (Wildman–Crippen MR) is 83.3 cm³/mol. The summed E-state index contributed by atoms with van der Waals surface area (Å²) >= 11 is 5.04. The zero-order valence-corrected chi connectivity index (χ0v) is 13.2. The molecular weight excluding hydrogens is 325 g/mol. The zero-order chi connectivity index (χ0) is 13.7. The summed E-state index contributed by atoms with van der Waals surface area (Å²) < 4.78 is 14.7. The van der Waals surface area contributed by atoms with Gasteiger partial charge >= 0.3 is 0 Å². The number of halogens is 2. The highest BCUT2D eigenvalue weighted by Gasteiger charge is 2.13. The second-order valence-corrected chi connectivity index (χ2v) is 6.43. The average molecular weight is 342 g/mol. The molecule has 1 unspecified atom stereocenters. The van der Waals surface area contributed by atoms with Crippen LogP contribution in [0.4, 0.5) is 4.39 Å². The van der Waals surface area contributed by atoms with Gasteiger partial charge in [-0.3, -0.25) is 0 Å². The topological polar surface area (TPSA) is 12.0 Å². The Morgan fingerprint density at radius 1 is 1.32 bits per heavy atom. The maximum Gasteiger partial charge on any atom is 0.127 e. The molecule has 1 nitrogen and oxygen atoms in total. The standard InChI is InChI=1S/C15H17BrFNS/c1-2-18-13(10-14-4-3-7-19-14)8-11-5-6-12(16)9-15(11)17/h3-7,9,13,18H,2,8,10H2,1H3. The normalized spacial score (nSPS) is 12.6. The largest absolute Gasteiger partial charge is 0.314 e. The minimum Gasteiger partial charge on any atom is -0.314 e. The second kappa shape index (κ2) is 7.17. The molecule has 102 valence electrons. The van der Waals surface area contributed by atoms with Gasteiger partial charge in [0.25, 0.3) is 0 Å². The van der Waals surface area contributed by atoms with Crippen molar-refractivity contribution in [1.29, 1.82) is 0 Å². The molecule has 2 rings (SSSR count). The molecule has 0 radical (unpaired) electrons. The van der Waals surface area contributed by atoms with Crippen LogP contribution in [0.25, 0.3) is 0 Å². The van der Waals surface area contributed by atoms with E-state index in [2.05, 4.69) is 45.7 Å². The third-order valence-corrected chi connectivity index (χ3v) is 4.39. The first kappa shape index (κ1) is 14.7. The first-order chi connectivity index (χ1) is 9.19. The molecule has 0 bridgehead atoms. The van der Waals surface area contributed by atoms with E-state index in [4.69, 9.17) is 0 Å². The molecule has 0 spiro atoms. The van der Waals surface area contributed by atoms with E-state index in [0.717, 1.165) is 23.0 Å². The van der Waals surface area contributed by atoms with Gasteiger partial charge in [-0.1, -0.05) is 35.0 Å². The number of nitrogens with one attached hydrogen (secondary N) is 1. The monoisotopic (exact) mass is 341 g/mol. The van der Waals surface area contributed by atoms with Gasteiger partial charge in [-0.2, -0.15) is 0 Å². The molecule has 19 heavy (non-hydrogen) atoms. The highest BCUT2D eigenvalue weighted by atomic mass is 79.9. The van der Waals surface area contributed by atoms with Crippen LogP contribution in [0, 0.1) is 5.82 Å². The number of hydrogen-bond donors (Lipinski definition) is 1. The zero-order valence-electron chi connectivity index (χ0n) is 10.8. The van der Waals surface area contributed by atoms with Gasteiger partial charge in [-0.05, 0) is 48.5 Å². The van der Waals surface area contributed by atoms with Crippen LogP contribution < -0.4 is 5.32 Å². The lowest BCUT2D eigenvalue weighted by Crippen LogP contribution is -2.33. The van der Waals surface area contributed by atoms with Crippen molar-refractivity contribution in [2.24, 2.45) is 0 Å². The van der Waals surface area contributed by atoms with Crippen LogP contribution in [0.5, 0.6) is 0 Å². The van der Waals surface area contributed by atoms with Gasteiger partial charge in [0.1, 0.15) is 5.82 Å². The average Bonchev–Trinajstić information content (AvgIpc) is 2.86. The molecule has 0 fully saturated rings. The Hall–Kier alpha value is -0.710. The molecular formula is C15H17BrFNS. The second-order valence-electron chi connectivity index (χ2n) is 4.48. The predicted octanol–water partition coefficient (Wildman–Crippen LogP) is 4.41. The van der Waals surface area contributed by atoms with Crippen molar-refractivity contribution in [2.75, 3.05) is 6.54 Å². The Morgan fingerprint density at radius 2 is 2.16 bits per heavy atom. The molecule has 1 aromatic heterocycles. The van der Waals surface area contributed by atoms with E-state index in [-0.39, 0.29) is 11.9 Å². The Labute approximate surface area is 126 Å². The fourth-order valence-corrected chi connectivity index (χ4v) is 3.25. The van der Waals surface area contributed by atoms with Crippen LogP contribution in [-0.4, -0.2) is 12.6 Å². The van der Waals surface area contributed by atoms with Crippen molar-refractivity contribution in [3.63, 3.8) is 0 Å². The maximum atomic E-state index is 13.9. The lowest BCUT2D eigenvalue weighted by molar-refractivity contribution is 0.508. The van der Waals surface area contributed by atoms with E-state index >= 15 is 0 Å². The van der Waals surface area contributed by atoms with E-state index in [9.17, 15) is 4.39 Å². The lowest BCUT2D eigenvalue weighted by atomic mass is 10.0. The molecule has 4 heteroatoms. The minimum absolute atomic E-state index is 0.136. The summed E-state index contributed by atoms with van der Waals surface area (Å²) in [4.78, 5) is 1.34. The van der Waals surface area contributed by atoms with Crippen molar-refractivity contribution in [3.05, 3.63) is 56.4 Å². The molecule has 1 N–H and O–H groups in total. The third-order valence-electron chi connectivity index (χ3n) is 3.00. The van der Waals surface area contributed by atoms with E-state index in [1.165, 1.54) is 10.9 Å². The summed E-state index contributed by atoms with van der Waals surface area (Å²) in [6.07, 6.45) is 1.66. The Bertz CT molecular complexity index is 513. The Kier molecular flexibility index (Phi) is 5.55. The molecule has 2 aromatic rings. The van der Waals surface area contributed by atoms with Crippen molar-refractivity contribution < 1.29 is 4.39 Å². The molecule has 0 saturated carbocycles. The molecule has 0 aliphatic rings. The van der Waals surface area contributed by atoms with Gasteiger partial charge in [0.15, 0.2) is 0 Å². The van der Waals surface area contributed by atoms with E-state index in [1.54, 1.807) is 11.3 Å². The highest BCUT2D eigenvalue weighted by molar-refractivity contribution is 9.10. The Balaban J connectivity index is 2.07. The van der Waals surface area contributed by atoms with Gasteiger partial charge in [-0.15, -0.1) is 11.3 Å². The summed E-state index contributed by atoms with van der Waals surface area (Å²) in [5.41, 5.74) is 0.769. The summed E-state index contributed by atoms with van der Waals surface area (Å²) in [6, 6.07) is 9.75. The molecule has 1 heterocycles. The molecule has 1 aromatic carbocycles. The number of rotatable bonds is 6. The highest BCUT2D eigenvalue weighted by Crippen LogP contribution is 2.19. The van der Waals surface area contributed by atoms with Crippen LogP contribution in [0.3, 0.4) is 0 Å². The molecule has 0 aliphatic heterocycles. The molecule has 0 aliphatic carbocycles. The van der Waals surface area contributed by atoms with Crippen molar-refractivity contribution in [2.45, 2.75) is 25.8 Å². The van der Waals surface area contributed by atoms with E-state index in [0.29, 0.717) is 6.42 Å². The fourth-order valence-electron chi connectivity index (χ4n) is 2.13.